The molecule has 0 aromatic heterocycles. The van der Waals surface area contributed by atoms with Crippen LogP contribution in [0.4, 0.5) is 9.18 Å². The molecule has 190 valence electrons. The predicted octanol–water partition coefficient (Wildman–Crippen LogP) is 2.08. The summed E-state index contributed by atoms with van der Waals surface area (Å²) < 4.78 is 23.9. The molecule has 1 aromatic carbocycles. The molecule has 0 bridgehead atoms. The highest BCUT2D eigenvalue weighted by atomic mass is 19.1. The van der Waals surface area contributed by atoms with Crippen molar-refractivity contribution in [2.75, 3.05) is 59.6 Å². The van der Waals surface area contributed by atoms with E-state index in [1.54, 1.807) is 30.0 Å². The maximum Gasteiger partial charge on any atom is 0.338 e. The van der Waals surface area contributed by atoms with Gasteiger partial charge < -0.3 is 19.7 Å². The summed E-state index contributed by atoms with van der Waals surface area (Å²) in [6.45, 7) is 8.55. The van der Waals surface area contributed by atoms with Crippen LogP contribution in [0.5, 0.6) is 0 Å². The molecule has 1 aromatic rings. The fourth-order valence-electron chi connectivity index (χ4n) is 4.36. The maximum absolute atomic E-state index is 13.6. The smallest absolute Gasteiger partial charge is 0.338 e. The zero-order valence-electron chi connectivity index (χ0n) is 20.3. The lowest BCUT2D eigenvalue weighted by Crippen LogP contribution is -2.51. The van der Waals surface area contributed by atoms with Gasteiger partial charge in [-0.2, -0.15) is 0 Å². The Labute approximate surface area is 205 Å². The third-order valence-electron chi connectivity index (χ3n) is 6.03. The van der Waals surface area contributed by atoms with Gasteiger partial charge in [-0.1, -0.05) is 18.2 Å². The number of benzene rings is 1. The van der Waals surface area contributed by atoms with E-state index in [9.17, 15) is 18.8 Å². The SMILES string of the molecule is C=CCN1C(=O)NC(c2ccc(F)cc2)C(C(=O)OCC)=C1CN1CCCN(C(=O)COC)CC1. The molecular formula is C25H33FN4O5. The van der Waals surface area contributed by atoms with Crippen LogP contribution in [0.1, 0.15) is 24.9 Å². The number of halogens is 1. The second-order valence-corrected chi connectivity index (χ2v) is 8.36. The summed E-state index contributed by atoms with van der Waals surface area (Å²) in [6, 6.07) is 4.51. The molecule has 1 saturated heterocycles. The number of carbonyl (C=O) groups is 3. The number of amides is 3. The average molecular weight is 489 g/mol. The minimum absolute atomic E-state index is 0.0325. The Morgan fingerprint density at radius 3 is 2.60 bits per heavy atom. The van der Waals surface area contributed by atoms with E-state index >= 15 is 0 Å². The number of nitrogens with one attached hydrogen (secondary N) is 1. The fraction of sp³-hybridized carbons (Fsp3) is 0.480. The van der Waals surface area contributed by atoms with E-state index in [1.807, 2.05) is 0 Å². The van der Waals surface area contributed by atoms with Crippen molar-refractivity contribution < 1.29 is 28.2 Å². The van der Waals surface area contributed by atoms with Gasteiger partial charge in [0.15, 0.2) is 0 Å². The molecule has 0 radical (unpaired) electrons. The number of rotatable bonds is 9. The zero-order chi connectivity index (χ0) is 25.4. The van der Waals surface area contributed by atoms with E-state index in [0.29, 0.717) is 49.6 Å². The molecule has 2 aliphatic rings. The second kappa shape index (κ2) is 12.5. The van der Waals surface area contributed by atoms with Gasteiger partial charge in [-0.25, -0.2) is 14.0 Å². The van der Waals surface area contributed by atoms with Crippen LogP contribution in [-0.4, -0.2) is 92.2 Å². The highest BCUT2D eigenvalue weighted by Crippen LogP contribution is 2.32. The van der Waals surface area contributed by atoms with Crippen molar-refractivity contribution >= 4 is 17.9 Å². The normalized spacial score (nSPS) is 19.3. The monoisotopic (exact) mass is 488 g/mol. The van der Waals surface area contributed by atoms with E-state index in [-0.39, 0.29) is 31.7 Å². The highest BCUT2D eigenvalue weighted by Gasteiger charge is 2.38. The minimum atomic E-state index is -0.787. The lowest BCUT2D eigenvalue weighted by atomic mass is 9.94. The van der Waals surface area contributed by atoms with Crippen molar-refractivity contribution in [3.05, 3.63) is 59.6 Å². The molecule has 1 N–H and O–H groups in total. The van der Waals surface area contributed by atoms with Crippen LogP contribution in [0.15, 0.2) is 48.2 Å². The van der Waals surface area contributed by atoms with E-state index in [4.69, 9.17) is 9.47 Å². The van der Waals surface area contributed by atoms with Gasteiger partial charge in [0.05, 0.1) is 18.2 Å². The number of hydrogen-bond donors (Lipinski definition) is 1. The molecule has 9 nitrogen and oxygen atoms in total. The number of nitrogens with zero attached hydrogens (tertiary/aromatic N) is 3. The van der Waals surface area contributed by atoms with E-state index < -0.39 is 17.8 Å². The summed E-state index contributed by atoms with van der Waals surface area (Å²) in [5.74, 6) is -1.02. The summed E-state index contributed by atoms with van der Waals surface area (Å²) in [4.78, 5) is 44.0. The van der Waals surface area contributed by atoms with Crippen molar-refractivity contribution in [1.82, 2.24) is 20.0 Å². The topological polar surface area (TPSA) is 91.4 Å². The van der Waals surface area contributed by atoms with E-state index in [1.165, 1.54) is 24.1 Å². The first-order valence-electron chi connectivity index (χ1n) is 11.7. The van der Waals surface area contributed by atoms with Crippen LogP contribution in [0.25, 0.3) is 0 Å². The molecule has 1 fully saturated rings. The lowest BCUT2D eigenvalue weighted by molar-refractivity contribution is -0.139. The summed E-state index contributed by atoms with van der Waals surface area (Å²) in [5.41, 5.74) is 1.39. The Morgan fingerprint density at radius 2 is 1.94 bits per heavy atom. The van der Waals surface area contributed by atoms with Gasteiger partial charge >= 0.3 is 12.0 Å². The molecule has 2 heterocycles. The highest BCUT2D eigenvalue weighted by molar-refractivity contribution is 5.95. The first-order valence-corrected chi connectivity index (χ1v) is 11.7. The van der Waals surface area contributed by atoms with E-state index in [2.05, 4.69) is 16.8 Å². The van der Waals surface area contributed by atoms with E-state index in [0.717, 1.165) is 6.42 Å². The number of esters is 1. The van der Waals surface area contributed by atoms with Gasteiger partial charge in [-0.05, 0) is 31.0 Å². The van der Waals surface area contributed by atoms with Gasteiger partial charge in [0.25, 0.3) is 0 Å². The first-order chi connectivity index (χ1) is 16.9. The molecule has 35 heavy (non-hydrogen) atoms. The molecule has 0 spiro atoms. The Morgan fingerprint density at radius 1 is 1.20 bits per heavy atom. The van der Waals surface area contributed by atoms with Crippen LogP contribution in [0.3, 0.4) is 0 Å². The van der Waals surface area contributed by atoms with Crippen molar-refractivity contribution in [2.45, 2.75) is 19.4 Å². The average Bonchev–Trinajstić information content (AvgIpc) is 3.07. The third-order valence-corrected chi connectivity index (χ3v) is 6.03. The third kappa shape index (κ3) is 6.46. The van der Waals surface area contributed by atoms with Crippen molar-refractivity contribution in [2.24, 2.45) is 0 Å². The number of methoxy groups -OCH3 is 1. The molecule has 0 aliphatic carbocycles. The summed E-state index contributed by atoms with van der Waals surface area (Å²) in [7, 11) is 1.49. The van der Waals surface area contributed by atoms with Gasteiger partial charge in [0.1, 0.15) is 12.4 Å². The minimum Gasteiger partial charge on any atom is -0.463 e. The van der Waals surface area contributed by atoms with Crippen LogP contribution < -0.4 is 5.32 Å². The predicted molar refractivity (Wildman–Crippen MR) is 128 cm³/mol. The first kappa shape index (κ1) is 26.4. The quantitative estimate of drug-likeness (QED) is 0.423. The van der Waals surface area contributed by atoms with Crippen LogP contribution in [-0.2, 0) is 19.1 Å². The molecule has 1 atom stereocenters. The Bertz CT molecular complexity index is 965. The molecule has 10 heteroatoms. The zero-order valence-corrected chi connectivity index (χ0v) is 20.3. The van der Waals surface area contributed by atoms with Gasteiger partial charge in [0, 0.05) is 52.1 Å². The Hall–Kier alpha value is -3.24. The summed E-state index contributed by atoms with van der Waals surface area (Å²) in [6.07, 6.45) is 2.33. The van der Waals surface area contributed by atoms with Gasteiger partial charge in [-0.3, -0.25) is 14.6 Å². The molecule has 3 rings (SSSR count). The molecule has 0 saturated carbocycles. The Balaban J connectivity index is 1.98. The number of carbonyl (C=O) groups excluding carboxylic acids is 3. The molecule has 3 amide bonds. The number of ether oxygens (including phenoxy) is 2. The van der Waals surface area contributed by atoms with Crippen LogP contribution >= 0.6 is 0 Å². The maximum atomic E-state index is 13.6. The molecule has 2 aliphatic heterocycles. The van der Waals surface area contributed by atoms with Crippen LogP contribution in [0, 0.1) is 5.82 Å². The fourth-order valence-corrected chi connectivity index (χ4v) is 4.36. The summed E-state index contributed by atoms with van der Waals surface area (Å²) >= 11 is 0. The van der Waals surface area contributed by atoms with Crippen molar-refractivity contribution in [1.29, 1.82) is 0 Å². The molecule has 1 unspecified atom stereocenters. The van der Waals surface area contributed by atoms with Gasteiger partial charge in [0.2, 0.25) is 5.91 Å². The van der Waals surface area contributed by atoms with Crippen molar-refractivity contribution in [3.63, 3.8) is 0 Å². The lowest BCUT2D eigenvalue weighted by Gasteiger charge is -2.38. The Kier molecular flexibility index (Phi) is 9.39. The van der Waals surface area contributed by atoms with Crippen molar-refractivity contribution in [3.8, 4) is 0 Å². The molecular weight excluding hydrogens is 455 g/mol. The standard InChI is InChI=1S/C25H33FN4O5/c1-4-11-30-20(16-28-12-6-13-29(15-14-28)21(31)17-34-3)22(24(32)35-5-2)23(27-25(30)33)18-7-9-19(26)10-8-18/h4,7-10,23H,1,5-6,11-17H2,2-3H3,(H,27,33). The number of urea groups is 1. The summed E-state index contributed by atoms with van der Waals surface area (Å²) in [5, 5.41) is 2.86. The van der Waals surface area contributed by atoms with Crippen LogP contribution in [0.2, 0.25) is 0 Å². The number of hydrogen-bond acceptors (Lipinski definition) is 6. The largest absolute Gasteiger partial charge is 0.463 e. The second-order valence-electron chi connectivity index (χ2n) is 8.36. The van der Waals surface area contributed by atoms with Gasteiger partial charge in [-0.15, -0.1) is 6.58 Å².